The highest BCUT2D eigenvalue weighted by Crippen LogP contribution is 2.38. The maximum absolute atomic E-state index is 13.7. The molecular weight excluding hydrogens is 196 g/mol. The van der Waals surface area contributed by atoms with Gasteiger partial charge in [-0.15, -0.1) is 0 Å². The van der Waals surface area contributed by atoms with Gasteiger partial charge in [0.15, 0.2) is 0 Å². The van der Waals surface area contributed by atoms with Crippen LogP contribution >= 0.6 is 0 Å². The largest absolute Gasteiger partial charge is 0.358 e. The number of alkyl halides is 2. The number of aryl methyl sites for hydroxylation is 1. The van der Waals surface area contributed by atoms with E-state index in [1.165, 1.54) is 6.92 Å². The topological polar surface area (TPSA) is 15.8 Å². The number of aromatic amines is 1. The minimum absolute atomic E-state index is 0.139. The van der Waals surface area contributed by atoms with Crippen LogP contribution in [-0.2, 0) is 5.92 Å². The summed E-state index contributed by atoms with van der Waals surface area (Å²) in [4.78, 5) is 2.99. The van der Waals surface area contributed by atoms with Crippen LogP contribution in [0, 0.1) is 6.92 Å². The van der Waals surface area contributed by atoms with Crippen LogP contribution in [0.5, 0.6) is 0 Å². The highest BCUT2D eigenvalue weighted by atomic mass is 19.3. The molecule has 0 spiro atoms. The molecule has 80 valence electrons. The van der Waals surface area contributed by atoms with Crippen molar-refractivity contribution in [2.24, 2.45) is 0 Å². The maximum atomic E-state index is 13.7. The van der Waals surface area contributed by atoms with E-state index in [0.717, 1.165) is 5.52 Å². The third-order valence-electron chi connectivity index (χ3n) is 2.70. The second-order valence-corrected chi connectivity index (χ2v) is 3.73. The normalized spacial score (nSPS) is 12.3. The van der Waals surface area contributed by atoms with Gasteiger partial charge in [0.05, 0.1) is 0 Å². The average Bonchev–Trinajstić information content (AvgIpc) is 2.54. The van der Waals surface area contributed by atoms with Crippen LogP contribution in [-0.4, -0.2) is 4.98 Å². The number of hydrogen-bond donors (Lipinski definition) is 1. The Labute approximate surface area is 87.1 Å². The van der Waals surface area contributed by atoms with Gasteiger partial charge >= 0.3 is 0 Å². The molecule has 0 atom stereocenters. The first-order valence-corrected chi connectivity index (χ1v) is 5.02. The first-order valence-electron chi connectivity index (χ1n) is 5.02. The predicted molar refractivity (Wildman–Crippen MR) is 57.2 cm³/mol. The van der Waals surface area contributed by atoms with E-state index in [0.29, 0.717) is 11.1 Å². The van der Waals surface area contributed by atoms with Crippen molar-refractivity contribution in [2.75, 3.05) is 0 Å². The van der Waals surface area contributed by atoms with Crippen molar-refractivity contribution in [2.45, 2.75) is 26.2 Å². The Balaban J connectivity index is 2.74. The zero-order valence-corrected chi connectivity index (χ0v) is 8.77. The lowest BCUT2D eigenvalue weighted by molar-refractivity contribution is -0.00732. The minimum atomic E-state index is -2.75. The number of rotatable bonds is 2. The zero-order chi connectivity index (χ0) is 11.1. The van der Waals surface area contributed by atoms with E-state index >= 15 is 0 Å². The molecule has 3 heteroatoms. The highest BCUT2D eigenvalue weighted by molar-refractivity contribution is 5.85. The number of H-pyrrole nitrogens is 1. The third kappa shape index (κ3) is 1.52. The molecule has 0 amide bonds. The molecule has 0 unspecified atom stereocenters. The highest BCUT2D eigenvalue weighted by Gasteiger charge is 2.33. The maximum Gasteiger partial charge on any atom is 0.275 e. The molecule has 2 rings (SSSR count). The Bertz CT molecular complexity index is 485. The Kier molecular flexibility index (Phi) is 2.25. The molecule has 0 saturated carbocycles. The van der Waals surface area contributed by atoms with Crippen molar-refractivity contribution in [3.63, 3.8) is 0 Å². The second-order valence-electron chi connectivity index (χ2n) is 3.73. The summed E-state index contributed by atoms with van der Waals surface area (Å²) in [5.41, 5.74) is 1.47. The van der Waals surface area contributed by atoms with Crippen LogP contribution in [0.15, 0.2) is 24.3 Å². The number of benzene rings is 1. The molecule has 0 aliphatic rings. The van der Waals surface area contributed by atoms with Gasteiger partial charge in [-0.25, -0.2) is 8.78 Å². The number of para-hydroxylation sites is 1. The van der Waals surface area contributed by atoms with Gasteiger partial charge in [0.25, 0.3) is 5.92 Å². The lowest BCUT2D eigenvalue weighted by Crippen LogP contribution is -2.12. The van der Waals surface area contributed by atoms with Gasteiger partial charge in [0, 0.05) is 28.6 Å². The smallest absolute Gasteiger partial charge is 0.275 e. The molecule has 0 aliphatic carbocycles. The van der Waals surface area contributed by atoms with E-state index in [9.17, 15) is 8.78 Å². The minimum Gasteiger partial charge on any atom is -0.358 e. The van der Waals surface area contributed by atoms with Crippen LogP contribution < -0.4 is 0 Å². The Morgan fingerprint density at radius 3 is 2.60 bits per heavy atom. The van der Waals surface area contributed by atoms with Crippen molar-refractivity contribution in [1.82, 2.24) is 4.98 Å². The van der Waals surface area contributed by atoms with Gasteiger partial charge in [-0.2, -0.15) is 0 Å². The molecule has 0 saturated heterocycles. The first kappa shape index (κ1) is 10.1. The summed E-state index contributed by atoms with van der Waals surface area (Å²) in [7, 11) is 0. The van der Waals surface area contributed by atoms with Crippen LogP contribution in [0.3, 0.4) is 0 Å². The second kappa shape index (κ2) is 3.33. The number of halogens is 2. The SMILES string of the molecule is CCC(F)(F)c1c(C)[nH]c2ccccc12. The summed E-state index contributed by atoms with van der Waals surface area (Å²) in [6.45, 7) is 3.19. The van der Waals surface area contributed by atoms with Crippen molar-refractivity contribution in [1.29, 1.82) is 0 Å². The fourth-order valence-electron chi connectivity index (χ4n) is 1.92. The molecule has 1 aromatic carbocycles. The molecule has 1 heterocycles. The Hall–Kier alpha value is -1.38. The monoisotopic (exact) mass is 209 g/mol. The molecule has 1 aromatic heterocycles. The molecule has 2 aromatic rings. The van der Waals surface area contributed by atoms with E-state index in [-0.39, 0.29) is 12.0 Å². The van der Waals surface area contributed by atoms with Gasteiger partial charge in [-0.1, -0.05) is 25.1 Å². The van der Waals surface area contributed by atoms with E-state index < -0.39 is 5.92 Å². The lowest BCUT2D eigenvalue weighted by Gasteiger charge is -2.14. The molecule has 1 N–H and O–H groups in total. The molecule has 1 nitrogen and oxygen atoms in total. The van der Waals surface area contributed by atoms with E-state index in [1.807, 2.05) is 12.1 Å². The fraction of sp³-hybridized carbons (Fsp3) is 0.333. The van der Waals surface area contributed by atoms with Crippen LogP contribution in [0.4, 0.5) is 8.78 Å². The number of nitrogens with one attached hydrogen (secondary N) is 1. The van der Waals surface area contributed by atoms with Crippen LogP contribution in [0.25, 0.3) is 10.9 Å². The van der Waals surface area contributed by atoms with E-state index in [4.69, 9.17) is 0 Å². The van der Waals surface area contributed by atoms with Crippen molar-refractivity contribution < 1.29 is 8.78 Å². The Morgan fingerprint density at radius 1 is 1.27 bits per heavy atom. The van der Waals surface area contributed by atoms with Gasteiger partial charge in [0.2, 0.25) is 0 Å². The number of fused-ring (bicyclic) bond motifs is 1. The standard InChI is InChI=1S/C12H13F2N/c1-3-12(13,14)11-8(2)15-10-7-5-4-6-9(10)11/h4-7,15H,3H2,1-2H3. The summed E-state index contributed by atoms with van der Waals surface area (Å²) >= 11 is 0. The summed E-state index contributed by atoms with van der Waals surface area (Å²) in [5, 5.41) is 0.627. The van der Waals surface area contributed by atoms with Crippen LogP contribution in [0.2, 0.25) is 0 Å². The van der Waals surface area contributed by atoms with Crippen LogP contribution in [0.1, 0.15) is 24.6 Å². The molecule has 0 aliphatic heterocycles. The van der Waals surface area contributed by atoms with Crippen molar-refractivity contribution in [3.8, 4) is 0 Å². The van der Waals surface area contributed by atoms with Gasteiger partial charge in [-0.05, 0) is 13.0 Å². The molecule has 0 fully saturated rings. The quantitative estimate of drug-likeness (QED) is 0.770. The van der Waals surface area contributed by atoms with E-state index in [1.54, 1.807) is 19.1 Å². The lowest BCUT2D eigenvalue weighted by atomic mass is 10.0. The molecule has 0 radical (unpaired) electrons. The first-order chi connectivity index (χ1) is 7.06. The third-order valence-corrected chi connectivity index (χ3v) is 2.70. The molecule has 15 heavy (non-hydrogen) atoms. The van der Waals surface area contributed by atoms with Gasteiger partial charge < -0.3 is 4.98 Å². The van der Waals surface area contributed by atoms with Gasteiger partial charge in [0.1, 0.15) is 0 Å². The number of hydrogen-bond acceptors (Lipinski definition) is 0. The van der Waals surface area contributed by atoms with Crippen molar-refractivity contribution in [3.05, 3.63) is 35.5 Å². The fourth-order valence-corrected chi connectivity index (χ4v) is 1.92. The summed E-state index contributed by atoms with van der Waals surface area (Å²) in [5.74, 6) is -2.75. The summed E-state index contributed by atoms with van der Waals surface area (Å²) < 4.78 is 27.4. The molecule has 0 bridgehead atoms. The summed E-state index contributed by atoms with van der Waals surface area (Å²) in [6, 6.07) is 7.17. The average molecular weight is 209 g/mol. The zero-order valence-electron chi connectivity index (χ0n) is 8.77. The van der Waals surface area contributed by atoms with Crippen molar-refractivity contribution >= 4 is 10.9 Å². The Morgan fingerprint density at radius 2 is 1.93 bits per heavy atom. The van der Waals surface area contributed by atoms with E-state index in [2.05, 4.69) is 4.98 Å². The number of aromatic nitrogens is 1. The summed E-state index contributed by atoms with van der Waals surface area (Å²) in [6.07, 6.45) is -0.171. The van der Waals surface area contributed by atoms with Gasteiger partial charge in [-0.3, -0.25) is 0 Å². The molecular formula is C12H13F2N. The predicted octanol–water partition coefficient (Wildman–Crippen LogP) is 3.98.